The van der Waals surface area contributed by atoms with Crippen molar-refractivity contribution in [2.45, 2.75) is 58.5 Å². The molecule has 168 valence electrons. The molecule has 0 unspecified atom stereocenters. The maximum Gasteiger partial charge on any atom is 0.242 e. The molecule has 0 aliphatic rings. The molecule has 0 aliphatic heterocycles. The molecule has 2 rings (SSSR count). The van der Waals surface area contributed by atoms with Crippen LogP contribution in [0.3, 0.4) is 0 Å². The molecule has 0 bridgehead atoms. The Morgan fingerprint density at radius 3 is 2.45 bits per heavy atom. The van der Waals surface area contributed by atoms with Crippen molar-refractivity contribution in [2.75, 3.05) is 5.75 Å². The van der Waals surface area contributed by atoms with Crippen LogP contribution in [0.2, 0.25) is 10.0 Å². The number of nitrogens with zero attached hydrogens (tertiary/aromatic N) is 1. The maximum absolute atomic E-state index is 13.2. The zero-order valence-electron chi connectivity index (χ0n) is 18.5. The molecule has 0 aliphatic carbocycles. The summed E-state index contributed by atoms with van der Waals surface area (Å²) in [6, 6.07) is 12.7. The molecular formula is C24H30Cl2N2O2S. The van der Waals surface area contributed by atoms with E-state index >= 15 is 0 Å². The summed E-state index contributed by atoms with van der Waals surface area (Å²) < 4.78 is 0. The normalized spacial score (nSPS) is 12.8. The van der Waals surface area contributed by atoms with E-state index < -0.39 is 6.04 Å². The van der Waals surface area contributed by atoms with Crippen LogP contribution in [0.25, 0.3) is 0 Å². The predicted molar refractivity (Wildman–Crippen MR) is 132 cm³/mol. The Kier molecular flexibility index (Phi) is 10.2. The number of amides is 2. The van der Waals surface area contributed by atoms with Gasteiger partial charge in [0.15, 0.2) is 0 Å². The van der Waals surface area contributed by atoms with E-state index in [1.165, 1.54) is 11.1 Å². The maximum atomic E-state index is 13.2. The van der Waals surface area contributed by atoms with Crippen LogP contribution in [0, 0.1) is 6.92 Å². The minimum absolute atomic E-state index is 0.0430. The van der Waals surface area contributed by atoms with Crippen LogP contribution in [0.1, 0.15) is 43.9 Å². The summed E-state index contributed by atoms with van der Waals surface area (Å²) in [6.45, 7) is 8.02. The number of aryl methyl sites for hydroxylation is 1. The quantitative estimate of drug-likeness (QED) is 0.462. The molecule has 2 atom stereocenters. The molecule has 4 nitrogen and oxygen atoms in total. The molecule has 0 aromatic heterocycles. The number of carbonyl (C=O) groups is 2. The van der Waals surface area contributed by atoms with Gasteiger partial charge in [-0.2, -0.15) is 0 Å². The molecule has 31 heavy (non-hydrogen) atoms. The summed E-state index contributed by atoms with van der Waals surface area (Å²) in [7, 11) is 0. The van der Waals surface area contributed by atoms with Gasteiger partial charge in [0.05, 0.1) is 5.75 Å². The Balaban J connectivity index is 2.14. The number of rotatable bonds is 10. The van der Waals surface area contributed by atoms with Crippen molar-refractivity contribution in [2.24, 2.45) is 0 Å². The molecule has 0 heterocycles. The fraction of sp³-hybridized carbons (Fsp3) is 0.417. The standard InChI is InChI=1S/C24H30Cl2N2O2S/c1-5-17(3)27-24(30)18(4)28(13-19-10-11-21(25)12-22(19)26)23(29)15-31-14-20-9-7-6-8-16(20)2/h6-12,17-18H,5,13-15H2,1-4H3,(H,27,30)/t17-,18-/m1/s1. The number of hydrogen-bond acceptors (Lipinski definition) is 3. The minimum Gasteiger partial charge on any atom is -0.352 e. The topological polar surface area (TPSA) is 49.4 Å². The Morgan fingerprint density at radius 2 is 1.81 bits per heavy atom. The highest BCUT2D eigenvalue weighted by molar-refractivity contribution is 7.99. The molecule has 0 fully saturated rings. The van der Waals surface area contributed by atoms with Gasteiger partial charge in [-0.05, 0) is 56.0 Å². The molecule has 1 N–H and O–H groups in total. The summed E-state index contributed by atoms with van der Waals surface area (Å²) in [4.78, 5) is 27.5. The van der Waals surface area contributed by atoms with Crippen molar-refractivity contribution in [3.8, 4) is 0 Å². The van der Waals surface area contributed by atoms with Crippen LogP contribution >= 0.6 is 35.0 Å². The van der Waals surface area contributed by atoms with E-state index in [-0.39, 0.29) is 30.2 Å². The molecule has 0 saturated carbocycles. The zero-order chi connectivity index (χ0) is 23.0. The average Bonchev–Trinajstić information content (AvgIpc) is 2.73. The minimum atomic E-state index is -0.618. The predicted octanol–water partition coefficient (Wildman–Crippen LogP) is 5.87. The van der Waals surface area contributed by atoms with Crippen LogP contribution in [0.5, 0.6) is 0 Å². The number of hydrogen-bond donors (Lipinski definition) is 1. The first-order valence-corrected chi connectivity index (χ1v) is 12.3. The highest BCUT2D eigenvalue weighted by atomic mass is 35.5. The van der Waals surface area contributed by atoms with E-state index in [1.807, 2.05) is 26.0 Å². The SMILES string of the molecule is CC[C@@H](C)NC(=O)[C@@H](C)N(Cc1ccc(Cl)cc1Cl)C(=O)CSCc1ccccc1C. The first-order valence-electron chi connectivity index (χ1n) is 10.4. The Hall–Kier alpha value is -1.69. The van der Waals surface area contributed by atoms with Crippen molar-refractivity contribution in [3.05, 3.63) is 69.2 Å². The van der Waals surface area contributed by atoms with Crippen molar-refractivity contribution >= 4 is 46.8 Å². The number of halogens is 2. The Bertz CT molecular complexity index is 907. The summed E-state index contributed by atoms with van der Waals surface area (Å²) in [5, 5.41) is 3.98. The first kappa shape index (κ1) is 25.6. The molecule has 2 aromatic carbocycles. The Labute approximate surface area is 199 Å². The average molecular weight is 481 g/mol. The van der Waals surface area contributed by atoms with E-state index in [0.717, 1.165) is 17.7 Å². The smallest absolute Gasteiger partial charge is 0.242 e. The van der Waals surface area contributed by atoms with E-state index in [2.05, 4.69) is 24.4 Å². The second-order valence-electron chi connectivity index (χ2n) is 7.67. The lowest BCUT2D eigenvalue weighted by atomic mass is 10.1. The number of benzene rings is 2. The molecule has 0 saturated heterocycles. The van der Waals surface area contributed by atoms with Gasteiger partial charge >= 0.3 is 0 Å². The van der Waals surface area contributed by atoms with Gasteiger partial charge in [-0.3, -0.25) is 9.59 Å². The van der Waals surface area contributed by atoms with E-state index in [4.69, 9.17) is 23.2 Å². The van der Waals surface area contributed by atoms with Gasteiger partial charge in [0.25, 0.3) is 0 Å². The van der Waals surface area contributed by atoms with Gasteiger partial charge in [0, 0.05) is 28.4 Å². The van der Waals surface area contributed by atoms with Crippen molar-refractivity contribution in [1.29, 1.82) is 0 Å². The fourth-order valence-electron chi connectivity index (χ4n) is 2.98. The van der Waals surface area contributed by atoms with Gasteiger partial charge in [0.2, 0.25) is 11.8 Å². The van der Waals surface area contributed by atoms with E-state index in [9.17, 15) is 9.59 Å². The summed E-state index contributed by atoms with van der Waals surface area (Å²) in [6.07, 6.45) is 0.821. The molecule has 0 radical (unpaired) electrons. The third kappa shape index (κ3) is 7.74. The first-order chi connectivity index (χ1) is 14.7. The number of thioether (sulfide) groups is 1. The summed E-state index contributed by atoms with van der Waals surface area (Å²) in [5.74, 6) is 0.745. The van der Waals surface area contributed by atoms with Gasteiger partial charge in [-0.1, -0.05) is 60.5 Å². The summed E-state index contributed by atoms with van der Waals surface area (Å²) in [5.41, 5.74) is 3.16. The molecule has 0 spiro atoms. The van der Waals surface area contributed by atoms with Crippen molar-refractivity contribution in [1.82, 2.24) is 10.2 Å². The van der Waals surface area contributed by atoms with Crippen LogP contribution in [0.15, 0.2) is 42.5 Å². The Morgan fingerprint density at radius 1 is 1.10 bits per heavy atom. The van der Waals surface area contributed by atoms with Crippen LogP contribution in [0.4, 0.5) is 0 Å². The molecular weight excluding hydrogens is 451 g/mol. The lowest BCUT2D eigenvalue weighted by Gasteiger charge is -2.30. The molecule has 2 aromatic rings. The summed E-state index contributed by atoms with van der Waals surface area (Å²) >= 11 is 13.9. The monoisotopic (exact) mass is 480 g/mol. The molecule has 7 heteroatoms. The lowest BCUT2D eigenvalue weighted by molar-refractivity contribution is -0.138. The highest BCUT2D eigenvalue weighted by Crippen LogP contribution is 2.24. The second-order valence-corrected chi connectivity index (χ2v) is 9.50. The highest BCUT2D eigenvalue weighted by Gasteiger charge is 2.27. The van der Waals surface area contributed by atoms with Crippen molar-refractivity contribution in [3.63, 3.8) is 0 Å². The lowest BCUT2D eigenvalue weighted by Crippen LogP contribution is -2.50. The second kappa shape index (κ2) is 12.4. The van der Waals surface area contributed by atoms with Crippen LogP contribution < -0.4 is 5.32 Å². The van der Waals surface area contributed by atoms with Crippen LogP contribution in [-0.2, 0) is 21.9 Å². The van der Waals surface area contributed by atoms with Crippen molar-refractivity contribution < 1.29 is 9.59 Å². The molecule has 2 amide bonds. The third-order valence-corrected chi connectivity index (χ3v) is 6.82. The van der Waals surface area contributed by atoms with E-state index in [1.54, 1.807) is 41.8 Å². The van der Waals surface area contributed by atoms with Gasteiger partial charge < -0.3 is 10.2 Å². The van der Waals surface area contributed by atoms with Gasteiger partial charge in [-0.25, -0.2) is 0 Å². The number of nitrogens with one attached hydrogen (secondary N) is 1. The van der Waals surface area contributed by atoms with Crippen LogP contribution in [-0.4, -0.2) is 34.6 Å². The van der Waals surface area contributed by atoms with Gasteiger partial charge in [0.1, 0.15) is 6.04 Å². The number of carbonyl (C=O) groups excluding carboxylic acids is 2. The van der Waals surface area contributed by atoms with E-state index in [0.29, 0.717) is 10.0 Å². The fourth-order valence-corrected chi connectivity index (χ4v) is 4.44. The van der Waals surface area contributed by atoms with Gasteiger partial charge in [-0.15, -0.1) is 11.8 Å². The largest absolute Gasteiger partial charge is 0.352 e. The third-order valence-electron chi connectivity index (χ3n) is 5.27. The zero-order valence-corrected chi connectivity index (χ0v) is 20.8.